The van der Waals surface area contributed by atoms with Gasteiger partial charge < -0.3 is 15.1 Å². The zero-order valence-corrected chi connectivity index (χ0v) is 17.1. The summed E-state index contributed by atoms with van der Waals surface area (Å²) in [5.74, 6) is 0.204. The van der Waals surface area contributed by atoms with E-state index in [9.17, 15) is 9.59 Å². The highest BCUT2D eigenvalue weighted by molar-refractivity contribution is 7.20. The Morgan fingerprint density at radius 3 is 2.70 bits per heavy atom. The van der Waals surface area contributed by atoms with Crippen LogP contribution in [-0.4, -0.2) is 64.7 Å². The van der Waals surface area contributed by atoms with Gasteiger partial charge in [0.2, 0.25) is 16.0 Å². The van der Waals surface area contributed by atoms with Crippen molar-refractivity contribution in [2.75, 3.05) is 44.2 Å². The van der Waals surface area contributed by atoms with Crippen LogP contribution in [-0.2, 0) is 4.79 Å². The van der Waals surface area contributed by atoms with Gasteiger partial charge in [0.05, 0.1) is 0 Å². The van der Waals surface area contributed by atoms with Crippen LogP contribution in [0.25, 0.3) is 4.96 Å². The van der Waals surface area contributed by atoms with Crippen molar-refractivity contribution in [3.8, 4) is 0 Å². The Labute approximate surface area is 163 Å². The molecule has 2 aromatic rings. The van der Waals surface area contributed by atoms with E-state index in [4.69, 9.17) is 0 Å². The highest BCUT2D eigenvalue weighted by atomic mass is 32.1. The largest absolute Gasteiger partial charge is 0.355 e. The molecule has 0 spiro atoms. The molecule has 0 radical (unpaired) electrons. The first-order valence-electron chi connectivity index (χ1n) is 9.64. The first-order chi connectivity index (χ1) is 13.0. The van der Waals surface area contributed by atoms with Gasteiger partial charge in [-0.15, -0.1) is 5.10 Å². The number of carbonyl (C=O) groups excluding carboxylic acids is 1. The third kappa shape index (κ3) is 4.65. The molecule has 0 saturated carbocycles. The van der Waals surface area contributed by atoms with Crippen molar-refractivity contribution >= 4 is 27.3 Å². The van der Waals surface area contributed by atoms with E-state index < -0.39 is 0 Å². The number of rotatable bonds is 7. The standard InChI is InChI=1S/C18H28N6O2S/c1-4-22(5-2)11-8-19-16(26)14-6-9-23(10-7-14)18-21-24-15(25)12-13(3)20-17(24)27-18/h12,14H,4-11H2,1-3H3,(H,19,26). The monoisotopic (exact) mass is 392 g/mol. The Balaban J connectivity index is 1.53. The first kappa shape index (κ1) is 19.8. The smallest absolute Gasteiger partial charge is 0.275 e. The molecular formula is C18H28N6O2S. The van der Waals surface area contributed by atoms with Gasteiger partial charge in [0.15, 0.2) is 0 Å². The Kier molecular flexibility index (Phi) is 6.43. The van der Waals surface area contributed by atoms with Gasteiger partial charge >= 0.3 is 0 Å². The summed E-state index contributed by atoms with van der Waals surface area (Å²) in [6.45, 7) is 11.2. The minimum absolute atomic E-state index is 0.0513. The number of anilines is 1. The Morgan fingerprint density at radius 2 is 2.04 bits per heavy atom. The minimum atomic E-state index is -0.150. The molecule has 1 aliphatic rings. The lowest BCUT2D eigenvalue weighted by atomic mass is 9.96. The zero-order valence-electron chi connectivity index (χ0n) is 16.3. The van der Waals surface area contributed by atoms with Crippen LogP contribution < -0.4 is 15.8 Å². The molecule has 148 valence electrons. The summed E-state index contributed by atoms with van der Waals surface area (Å²) in [5.41, 5.74) is 0.553. The number of nitrogens with one attached hydrogen (secondary N) is 1. The van der Waals surface area contributed by atoms with E-state index in [1.807, 2.05) is 6.92 Å². The van der Waals surface area contributed by atoms with Crippen LogP contribution in [0.3, 0.4) is 0 Å². The van der Waals surface area contributed by atoms with Crippen molar-refractivity contribution in [2.24, 2.45) is 5.92 Å². The lowest BCUT2D eigenvalue weighted by molar-refractivity contribution is -0.125. The molecule has 1 aliphatic heterocycles. The number of aromatic nitrogens is 3. The maximum Gasteiger partial charge on any atom is 0.275 e. The maximum atomic E-state index is 12.4. The van der Waals surface area contributed by atoms with Crippen molar-refractivity contribution in [1.82, 2.24) is 24.8 Å². The molecule has 3 rings (SSSR count). The van der Waals surface area contributed by atoms with Crippen LogP contribution in [0.15, 0.2) is 10.9 Å². The second-order valence-corrected chi connectivity index (χ2v) is 7.83. The normalized spacial score (nSPS) is 15.6. The summed E-state index contributed by atoms with van der Waals surface area (Å²) in [5, 5.41) is 8.29. The van der Waals surface area contributed by atoms with E-state index in [-0.39, 0.29) is 17.4 Å². The van der Waals surface area contributed by atoms with Crippen molar-refractivity contribution in [3.63, 3.8) is 0 Å². The molecule has 1 saturated heterocycles. The Hall–Kier alpha value is -2.00. The number of aryl methyl sites for hydroxylation is 1. The number of fused-ring (bicyclic) bond motifs is 1. The number of hydrogen-bond donors (Lipinski definition) is 1. The van der Waals surface area contributed by atoms with Gasteiger partial charge in [0.25, 0.3) is 5.56 Å². The number of hydrogen-bond acceptors (Lipinski definition) is 7. The zero-order chi connectivity index (χ0) is 19.4. The topological polar surface area (TPSA) is 82.8 Å². The summed E-state index contributed by atoms with van der Waals surface area (Å²) < 4.78 is 1.36. The Bertz CT molecular complexity index is 836. The van der Waals surface area contributed by atoms with Crippen molar-refractivity contribution in [2.45, 2.75) is 33.6 Å². The number of carbonyl (C=O) groups is 1. The summed E-state index contributed by atoms with van der Waals surface area (Å²) in [4.78, 5) is 33.9. The quantitative estimate of drug-likeness (QED) is 0.761. The molecule has 9 heteroatoms. The molecule has 2 aromatic heterocycles. The molecule has 0 atom stereocenters. The lowest BCUT2D eigenvalue weighted by Gasteiger charge is -2.30. The summed E-state index contributed by atoms with van der Waals surface area (Å²) in [6, 6.07) is 1.49. The van der Waals surface area contributed by atoms with Crippen molar-refractivity contribution < 1.29 is 4.79 Å². The van der Waals surface area contributed by atoms with Crippen molar-refractivity contribution in [3.05, 3.63) is 22.1 Å². The van der Waals surface area contributed by atoms with Gasteiger partial charge in [-0.3, -0.25) is 9.59 Å². The minimum Gasteiger partial charge on any atom is -0.355 e. The predicted molar refractivity (Wildman–Crippen MR) is 108 cm³/mol. The lowest BCUT2D eigenvalue weighted by Crippen LogP contribution is -2.42. The second kappa shape index (κ2) is 8.79. The first-order valence-corrected chi connectivity index (χ1v) is 10.5. The molecule has 1 fully saturated rings. The van der Waals surface area contributed by atoms with Crippen LogP contribution in [0.5, 0.6) is 0 Å². The van der Waals surface area contributed by atoms with Crippen molar-refractivity contribution in [1.29, 1.82) is 0 Å². The molecule has 3 heterocycles. The van der Waals surface area contributed by atoms with Gasteiger partial charge in [0.1, 0.15) is 0 Å². The molecule has 1 N–H and O–H groups in total. The summed E-state index contributed by atoms with van der Waals surface area (Å²) in [6.07, 6.45) is 1.60. The predicted octanol–water partition coefficient (Wildman–Crippen LogP) is 1.13. The Morgan fingerprint density at radius 1 is 1.33 bits per heavy atom. The fourth-order valence-electron chi connectivity index (χ4n) is 3.39. The van der Waals surface area contributed by atoms with E-state index in [1.165, 1.54) is 21.9 Å². The maximum absolute atomic E-state index is 12.4. The van der Waals surface area contributed by atoms with Crippen LogP contribution in [0.2, 0.25) is 0 Å². The van der Waals surface area contributed by atoms with Crippen LogP contribution in [0.1, 0.15) is 32.4 Å². The van der Waals surface area contributed by atoms with Gasteiger partial charge in [-0.1, -0.05) is 25.2 Å². The molecule has 1 amide bonds. The molecule has 0 aromatic carbocycles. The van der Waals surface area contributed by atoms with Crippen LogP contribution in [0, 0.1) is 12.8 Å². The van der Waals surface area contributed by atoms with Gasteiger partial charge in [-0.05, 0) is 32.9 Å². The van der Waals surface area contributed by atoms with Gasteiger partial charge in [0, 0.05) is 43.9 Å². The van der Waals surface area contributed by atoms with E-state index in [1.54, 1.807) is 0 Å². The molecule has 0 bridgehead atoms. The van der Waals surface area contributed by atoms with Gasteiger partial charge in [-0.2, -0.15) is 4.52 Å². The fraction of sp³-hybridized carbons (Fsp3) is 0.667. The summed E-state index contributed by atoms with van der Waals surface area (Å²) >= 11 is 1.42. The second-order valence-electron chi connectivity index (χ2n) is 6.89. The average molecular weight is 393 g/mol. The SMILES string of the molecule is CCN(CC)CCNC(=O)C1CCN(c2nn3c(=O)cc(C)nc3s2)CC1. The van der Waals surface area contributed by atoms with Crippen LogP contribution in [0.4, 0.5) is 5.13 Å². The fourth-order valence-corrected chi connectivity index (χ4v) is 4.40. The van der Waals surface area contributed by atoms with E-state index in [2.05, 4.69) is 39.0 Å². The number of amides is 1. The molecular weight excluding hydrogens is 364 g/mol. The summed E-state index contributed by atoms with van der Waals surface area (Å²) in [7, 11) is 0. The average Bonchev–Trinajstić information content (AvgIpc) is 3.09. The molecule has 8 nitrogen and oxygen atoms in total. The molecule has 0 unspecified atom stereocenters. The highest BCUT2D eigenvalue weighted by Crippen LogP contribution is 2.26. The molecule has 27 heavy (non-hydrogen) atoms. The van der Waals surface area contributed by atoms with E-state index >= 15 is 0 Å². The number of likely N-dealkylation sites (N-methyl/N-ethyl adjacent to an activating group) is 1. The third-order valence-electron chi connectivity index (χ3n) is 5.12. The number of piperidine rings is 1. The van der Waals surface area contributed by atoms with Gasteiger partial charge in [-0.25, -0.2) is 4.98 Å². The number of nitrogens with zero attached hydrogens (tertiary/aromatic N) is 5. The highest BCUT2D eigenvalue weighted by Gasteiger charge is 2.26. The van der Waals surface area contributed by atoms with Crippen LogP contribution >= 0.6 is 11.3 Å². The van der Waals surface area contributed by atoms with E-state index in [0.717, 1.165) is 50.7 Å². The van der Waals surface area contributed by atoms with E-state index in [0.29, 0.717) is 17.2 Å². The molecule has 0 aliphatic carbocycles. The third-order valence-corrected chi connectivity index (χ3v) is 6.09.